The van der Waals surface area contributed by atoms with Crippen molar-refractivity contribution in [2.75, 3.05) is 0 Å². The van der Waals surface area contributed by atoms with Gasteiger partial charge >= 0.3 is 0 Å². The largest absolute Gasteiger partial charge is 0.299 e. The lowest BCUT2D eigenvalue weighted by molar-refractivity contribution is 0.542. The van der Waals surface area contributed by atoms with Crippen LogP contribution in [-0.4, -0.2) is 22.4 Å². The van der Waals surface area contributed by atoms with Gasteiger partial charge in [-0.25, -0.2) is 4.21 Å². The number of nitrogens with zero attached hydrogens (tertiary/aromatic N) is 1. The van der Waals surface area contributed by atoms with E-state index in [2.05, 4.69) is 3.77 Å². The predicted molar refractivity (Wildman–Crippen MR) is 73.5 cm³/mol. The topological polar surface area (TPSA) is 83.8 Å². The molecule has 0 amide bonds. The van der Waals surface area contributed by atoms with E-state index in [1.807, 2.05) is 0 Å². The van der Waals surface area contributed by atoms with Gasteiger partial charge in [-0.1, -0.05) is 46.3 Å². The van der Waals surface area contributed by atoms with Gasteiger partial charge < -0.3 is 0 Å². The third kappa shape index (κ3) is 3.31. The first kappa shape index (κ1) is 14.0. The van der Waals surface area contributed by atoms with Crippen molar-refractivity contribution in [3.63, 3.8) is 0 Å². The van der Waals surface area contributed by atoms with E-state index < -0.39 is 25.3 Å². The number of hydrogen-bond acceptors (Lipinski definition) is 3. The molecule has 2 rings (SSSR count). The monoisotopic (exact) mass is 299 g/mol. The molecular weight excluding hydrogens is 286 g/mol. The maximum Gasteiger partial charge on any atom is 0.291 e. The quantitative estimate of drug-likeness (QED) is 0.927. The van der Waals surface area contributed by atoms with E-state index in [9.17, 15) is 17.2 Å². The van der Waals surface area contributed by atoms with Crippen LogP contribution in [-0.2, 0) is 20.0 Å². The summed E-state index contributed by atoms with van der Waals surface area (Å²) in [5, 5.41) is -0.809. The zero-order valence-electron chi connectivity index (χ0n) is 9.92. The number of rotatable bonds is 3. The molecule has 1 aliphatic rings. The molecule has 0 spiro atoms. The van der Waals surface area contributed by atoms with E-state index in [0.29, 0.717) is 6.42 Å². The van der Waals surface area contributed by atoms with Gasteiger partial charge in [-0.05, 0) is 18.6 Å². The van der Waals surface area contributed by atoms with Gasteiger partial charge in [0.25, 0.3) is 10.0 Å². The Morgan fingerprint density at radius 3 is 2.37 bits per heavy atom. The van der Waals surface area contributed by atoms with Gasteiger partial charge in [0.1, 0.15) is 0 Å². The zero-order valence-corrected chi connectivity index (χ0v) is 11.5. The van der Waals surface area contributed by atoms with Crippen molar-refractivity contribution in [2.24, 2.45) is 3.77 Å². The summed E-state index contributed by atoms with van der Waals surface area (Å²) >= 11 is 0. The fourth-order valence-corrected chi connectivity index (χ4v) is 4.69. The minimum absolute atomic E-state index is 0.0906. The average molecular weight is 299 g/mol. The van der Waals surface area contributed by atoms with E-state index in [0.717, 1.165) is 0 Å². The minimum Gasteiger partial charge on any atom is -0.299 e. The Hall–Kier alpha value is -1.44. The molecule has 102 valence electrons. The number of allylic oxidation sites excluding steroid dienone is 3. The Morgan fingerprint density at radius 2 is 1.79 bits per heavy atom. The van der Waals surface area contributed by atoms with Crippen molar-refractivity contribution in [3.8, 4) is 0 Å². The molecule has 0 saturated carbocycles. The molecule has 2 atom stereocenters. The van der Waals surface area contributed by atoms with Crippen molar-refractivity contribution < 1.29 is 17.2 Å². The summed E-state index contributed by atoms with van der Waals surface area (Å²) in [6, 6.07) is 7.40. The first-order valence-electron chi connectivity index (χ1n) is 5.55. The van der Waals surface area contributed by atoms with Gasteiger partial charge in [0, 0.05) is 0 Å². The summed E-state index contributed by atoms with van der Waals surface area (Å²) in [6.45, 7) is 0. The first-order valence-corrected chi connectivity index (χ1v) is 8.52. The molecule has 0 fully saturated rings. The second-order valence-corrected chi connectivity index (χ2v) is 7.69. The highest BCUT2D eigenvalue weighted by Crippen LogP contribution is 2.19. The molecule has 1 N–H and O–H groups in total. The minimum atomic E-state index is -4.13. The standard InChI is InChI=1S/C12H13NO4S2/c14-18(15,11-7-3-1-4-8-11)13-19(16,17)12-9-5-2-6-10-12/h1-9,12H,10H2,(H,13,16,17). The SMILES string of the molecule is O=S(=O)(N=S(=O)(O)C1C=CC=CC1)c1ccccc1. The van der Waals surface area contributed by atoms with Crippen LogP contribution in [0.5, 0.6) is 0 Å². The van der Waals surface area contributed by atoms with E-state index in [1.165, 1.54) is 30.3 Å². The molecule has 5 nitrogen and oxygen atoms in total. The van der Waals surface area contributed by atoms with E-state index in [-0.39, 0.29) is 4.90 Å². The highest BCUT2D eigenvalue weighted by Gasteiger charge is 2.23. The van der Waals surface area contributed by atoms with Crippen LogP contribution < -0.4 is 0 Å². The lowest BCUT2D eigenvalue weighted by atomic mass is 10.2. The maximum absolute atomic E-state index is 12.1. The Balaban J connectivity index is 2.42. The van der Waals surface area contributed by atoms with Gasteiger partial charge in [0.15, 0.2) is 10.0 Å². The molecule has 0 saturated heterocycles. The summed E-state index contributed by atoms with van der Waals surface area (Å²) in [7, 11) is -7.97. The van der Waals surface area contributed by atoms with Crippen LogP contribution in [0.25, 0.3) is 0 Å². The van der Waals surface area contributed by atoms with Crippen molar-refractivity contribution in [2.45, 2.75) is 16.6 Å². The normalized spacial score (nSPS) is 21.8. The molecular formula is C12H13NO4S2. The predicted octanol–water partition coefficient (Wildman–Crippen LogP) is 2.20. The average Bonchev–Trinajstić information content (AvgIpc) is 2.40. The molecule has 0 bridgehead atoms. The zero-order chi connectivity index (χ0) is 13.9. The second kappa shape index (κ2) is 5.28. The highest BCUT2D eigenvalue weighted by atomic mass is 32.3. The van der Waals surface area contributed by atoms with Gasteiger partial charge in [-0.15, -0.1) is 0 Å². The lowest BCUT2D eigenvalue weighted by Crippen LogP contribution is -2.19. The number of sulfonamides is 1. The van der Waals surface area contributed by atoms with Gasteiger partial charge in [0.2, 0.25) is 0 Å². The molecule has 0 aromatic heterocycles. The van der Waals surface area contributed by atoms with E-state index in [4.69, 9.17) is 0 Å². The smallest absolute Gasteiger partial charge is 0.291 e. The van der Waals surface area contributed by atoms with Crippen LogP contribution >= 0.6 is 0 Å². The van der Waals surface area contributed by atoms with Gasteiger partial charge in [0.05, 0.1) is 10.1 Å². The van der Waals surface area contributed by atoms with Crippen molar-refractivity contribution in [1.29, 1.82) is 0 Å². The van der Waals surface area contributed by atoms with Crippen molar-refractivity contribution >= 4 is 20.0 Å². The Bertz CT molecular complexity index is 726. The van der Waals surface area contributed by atoms with Crippen LogP contribution in [0, 0.1) is 0 Å². The highest BCUT2D eigenvalue weighted by molar-refractivity contribution is 8.01. The third-order valence-electron chi connectivity index (χ3n) is 2.58. The van der Waals surface area contributed by atoms with Crippen LogP contribution in [0.2, 0.25) is 0 Å². The molecule has 1 aliphatic carbocycles. The van der Waals surface area contributed by atoms with Crippen molar-refractivity contribution in [1.82, 2.24) is 0 Å². The van der Waals surface area contributed by atoms with Crippen LogP contribution in [0.1, 0.15) is 6.42 Å². The number of benzene rings is 1. The fraction of sp³-hybridized carbons (Fsp3) is 0.167. The molecule has 0 heterocycles. The number of hydrogen-bond donors (Lipinski definition) is 1. The molecule has 7 heteroatoms. The Kier molecular flexibility index (Phi) is 3.88. The molecule has 0 radical (unpaired) electrons. The molecule has 1 aromatic carbocycles. The van der Waals surface area contributed by atoms with E-state index in [1.54, 1.807) is 24.3 Å². The Labute approximate surface area is 112 Å². The molecule has 2 unspecified atom stereocenters. The van der Waals surface area contributed by atoms with Crippen LogP contribution in [0.4, 0.5) is 0 Å². The molecule has 0 aliphatic heterocycles. The fourth-order valence-electron chi connectivity index (χ4n) is 1.62. The van der Waals surface area contributed by atoms with Crippen molar-refractivity contribution in [3.05, 3.63) is 54.6 Å². The lowest BCUT2D eigenvalue weighted by Gasteiger charge is -2.13. The van der Waals surface area contributed by atoms with E-state index >= 15 is 0 Å². The Morgan fingerprint density at radius 1 is 1.11 bits per heavy atom. The summed E-state index contributed by atoms with van der Waals surface area (Å²) in [4.78, 5) is -0.0906. The van der Waals surface area contributed by atoms with Gasteiger partial charge in [-0.3, -0.25) is 4.55 Å². The summed E-state index contributed by atoms with van der Waals surface area (Å²) < 4.78 is 49.0. The summed E-state index contributed by atoms with van der Waals surface area (Å²) in [6.07, 6.45) is 6.82. The maximum atomic E-state index is 12.1. The summed E-state index contributed by atoms with van der Waals surface area (Å²) in [5.74, 6) is 0. The molecule has 1 aromatic rings. The molecule has 19 heavy (non-hydrogen) atoms. The summed E-state index contributed by atoms with van der Waals surface area (Å²) in [5.41, 5.74) is 0. The third-order valence-corrected chi connectivity index (χ3v) is 6.23. The second-order valence-electron chi connectivity index (χ2n) is 3.99. The van der Waals surface area contributed by atoms with Gasteiger partial charge in [-0.2, -0.15) is 8.42 Å². The first-order chi connectivity index (χ1) is 8.92. The van der Waals surface area contributed by atoms with Crippen LogP contribution in [0.15, 0.2) is 63.3 Å². The van der Waals surface area contributed by atoms with Crippen LogP contribution in [0.3, 0.4) is 0 Å².